The second-order valence-electron chi connectivity index (χ2n) is 7.73. The topological polar surface area (TPSA) is 88.8 Å². The van der Waals surface area contributed by atoms with Gasteiger partial charge in [-0.2, -0.15) is 28.2 Å². The van der Waals surface area contributed by atoms with Gasteiger partial charge >= 0.3 is 6.18 Å². The number of hydrogen-bond donors (Lipinski definition) is 1. The monoisotopic (exact) mass is 447 g/mol. The molecule has 2 fully saturated rings. The number of alkyl halides is 3. The van der Waals surface area contributed by atoms with Crippen LogP contribution >= 0.6 is 0 Å². The number of carbonyl (C=O) groups excluding carboxylic acids is 1. The molecule has 5 rings (SSSR count). The highest BCUT2D eigenvalue weighted by atomic mass is 19.4. The van der Waals surface area contributed by atoms with Crippen molar-refractivity contribution in [3.05, 3.63) is 60.1 Å². The van der Waals surface area contributed by atoms with Crippen LogP contribution in [0.1, 0.15) is 35.3 Å². The second-order valence-corrected chi connectivity index (χ2v) is 7.73. The normalized spacial score (nSPS) is 22.4. The molecule has 4 heterocycles. The minimum Gasteiger partial charge on any atom is -0.364 e. The average molecular weight is 447 g/mol. The van der Waals surface area contributed by atoms with E-state index in [4.69, 9.17) is 0 Å². The molecular formula is C20H17F4N7O. The Morgan fingerprint density at radius 2 is 1.88 bits per heavy atom. The van der Waals surface area contributed by atoms with Crippen LogP contribution in [-0.2, 0) is 6.18 Å². The van der Waals surface area contributed by atoms with Gasteiger partial charge in [0.2, 0.25) is 0 Å². The molecule has 0 unspecified atom stereocenters. The zero-order valence-electron chi connectivity index (χ0n) is 16.5. The van der Waals surface area contributed by atoms with Gasteiger partial charge in [0, 0.05) is 6.04 Å². The lowest BCUT2D eigenvalue weighted by Gasteiger charge is -2.26. The summed E-state index contributed by atoms with van der Waals surface area (Å²) >= 11 is 0. The Bertz CT molecular complexity index is 1130. The highest BCUT2D eigenvalue weighted by molar-refractivity contribution is 5.98. The van der Waals surface area contributed by atoms with E-state index in [0.717, 1.165) is 12.6 Å². The number of amides is 1. The zero-order valence-corrected chi connectivity index (χ0v) is 16.5. The molecule has 3 atom stereocenters. The van der Waals surface area contributed by atoms with Crippen molar-refractivity contribution in [1.82, 2.24) is 29.9 Å². The molecule has 1 aromatic carbocycles. The first-order chi connectivity index (χ1) is 15.3. The molecule has 2 aliphatic rings. The number of hydrogen-bond acceptors (Lipinski definition) is 6. The van der Waals surface area contributed by atoms with E-state index in [1.54, 1.807) is 11.0 Å². The van der Waals surface area contributed by atoms with E-state index in [1.807, 2.05) is 0 Å². The van der Waals surface area contributed by atoms with Gasteiger partial charge in [-0.25, -0.2) is 14.4 Å². The first kappa shape index (κ1) is 20.3. The van der Waals surface area contributed by atoms with Crippen LogP contribution in [0.4, 0.5) is 23.4 Å². The van der Waals surface area contributed by atoms with Crippen LogP contribution in [0.2, 0.25) is 0 Å². The van der Waals surface area contributed by atoms with Crippen molar-refractivity contribution in [2.24, 2.45) is 0 Å². The lowest BCUT2D eigenvalue weighted by atomic mass is 9.95. The van der Waals surface area contributed by atoms with Crippen LogP contribution in [0.15, 0.2) is 43.0 Å². The summed E-state index contributed by atoms with van der Waals surface area (Å²) in [7, 11) is 0. The molecule has 2 aliphatic heterocycles. The highest BCUT2D eigenvalue weighted by Gasteiger charge is 2.49. The smallest absolute Gasteiger partial charge is 0.364 e. The van der Waals surface area contributed by atoms with Crippen LogP contribution in [0.5, 0.6) is 0 Å². The lowest BCUT2D eigenvalue weighted by molar-refractivity contribution is -0.141. The Hall–Kier alpha value is -3.57. The van der Waals surface area contributed by atoms with Crippen LogP contribution in [0.25, 0.3) is 5.69 Å². The Balaban J connectivity index is 1.39. The number of anilines is 1. The van der Waals surface area contributed by atoms with Gasteiger partial charge in [0.1, 0.15) is 22.9 Å². The van der Waals surface area contributed by atoms with Crippen molar-refractivity contribution in [1.29, 1.82) is 0 Å². The quantitative estimate of drug-likeness (QED) is 0.619. The fourth-order valence-electron chi connectivity index (χ4n) is 4.56. The first-order valence-electron chi connectivity index (χ1n) is 9.96. The highest BCUT2D eigenvalue weighted by Crippen LogP contribution is 2.40. The fourth-order valence-corrected chi connectivity index (χ4v) is 4.56. The van der Waals surface area contributed by atoms with Crippen LogP contribution in [0.3, 0.4) is 0 Å². The first-order valence-corrected chi connectivity index (χ1v) is 9.96. The number of halogens is 4. The predicted molar refractivity (Wildman–Crippen MR) is 103 cm³/mol. The number of benzene rings is 1. The number of fused-ring (bicyclic) bond motifs is 2. The molecule has 2 bridgehead atoms. The summed E-state index contributed by atoms with van der Waals surface area (Å²) < 4.78 is 52.9. The minimum absolute atomic E-state index is 0.115. The summed E-state index contributed by atoms with van der Waals surface area (Å²) in [4.78, 5) is 23.5. The number of rotatable bonds is 4. The van der Waals surface area contributed by atoms with Gasteiger partial charge in [-0.3, -0.25) is 4.79 Å². The third-order valence-electron chi connectivity index (χ3n) is 5.89. The molecule has 12 heteroatoms. The molecule has 0 spiro atoms. The van der Waals surface area contributed by atoms with Crippen molar-refractivity contribution in [2.45, 2.75) is 43.6 Å². The molecule has 8 nitrogen and oxygen atoms in total. The molecule has 3 aromatic rings. The second kappa shape index (κ2) is 7.53. The van der Waals surface area contributed by atoms with Gasteiger partial charge in [-0.1, -0.05) is 6.07 Å². The van der Waals surface area contributed by atoms with E-state index in [-0.39, 0.29) is 35.2 Å². The number of nitrogens with one attached hydrogen (secondary N) is 1. The largest absolute Gasteiger partial charge is 0.434 e. The third-order valence-corrected chi connectivity index (χ3v) is 5.89. The molecular weight excluding hydrogens is 430 g/mol. The number of aromatic nitrogens is 5. The summed E-state index contributed by atoms with van der Waals surface area (Å²) in [5.74, 6) is -0.949. The van der Waals surface area contributed by atoms with Gasteiger partial charge in [0.25, 0.3) is 5.91 Å². The van der Waals surface area contributed by atoms with Crippen LogP contribution in [-0.4, -0.2) is 53.9 Å². The lowest BCUT2D eigenvalue weighted by Crippen LogP contribution is -2.40. The van der Waals surface area contributed by atoms with Crippen molar-refractivity contribution in [2.75, 3.05) is 5.32 Å². The fraction of sp³-hybridized carbons (Fsp3) is 0.350. The summed E-state index contributed by atoms with van der Waals surface area (Å²) in [6.07, 6.45) is 2.02. The third kappa shape index (κ3) is 3.45. The van der Waals surface area contributed by atoms with Gasteiger partial charge in [0.05, 0.1) is 36.9 Å². The van der Waals surface area contributed by atoms with E-state index < -0.39 is 23.6 Å². The van der Waals surface area contributed by atoms with E-state index >= 15 is 0 Å². The molecule has 2 saturated heterocycles. The standard InChI is InChI=1S/C20H17F4N7O/c21-12-2-1-3-15(31-27-6-7-28-31)18(12)19(32)30-11-4-5-14(30)13(8-11)29-17-10-25-16(9-26-17)20(22,23)24/h1-3,6-7,9-11,13-14H,4-5,8H2,(H,26,29)/t11-,13-,14+/m1/s1. The maximum Gasteiger partial charge on any atom is 0.434 e. The molecule has 2 aromatic heterocycles. The maximum absolute atomic E-state index is 14.8. The Morgan fingerprint density at radius 3 is 2.56 bits per heavy atom. The van der Waals surface area contributed by atoms with E-state index in [9.17, 15) is 22.4 Å². The summed E-state index contributed by atoms with van der Waals surface area (Å²) in [5.41, 5.74) is -0.952. The molecule has 32 heavy (non-hydrogen) atoms. The van der Waals surface area contributed by atoms with Gasteiger partial charge in [0.15, 0.2) is 5.69 Å². The molecule has 0 saturated carbocycles. The van der Waals surface area contributed by atoms with Gasteiger partial charge < -0.3 is 10.2 Å². The Kier molecular flexibility index (Phi) is 4.79. The Labute approximate surface area is 179 Å². The van der Waals surface area contributed by atoms with Crippen molar-refractivity contribution < 1.29 is 22.4 Å². The SMILES string of the molecule is O=C(c1c(F)cccc1-n1nccn1)N1[C@@H]2CC[C@H]1[C@H](Nc1cnc(C(F)(F)F)cn1)C2. The van der Waals surface area contributed by atoms with E-state index in [1.165, 1.54) is 29.3 Å². The van der Waals surface area contributed by atoms with Gasteiger partial charge in [-0.05, 0) is 31.4 Å². The zero-order chi connectivity index (χ0) is 22.5. The molecule has 0 aliphatic carbocycles. The Morgan fingerprint density at radius 1 is 1.09 bits per heavy atom. The minimum atomic E-state index is -4.57. The van der Waals surface area contributed by atoms with E-state index in [2.05, 4.69) is 25.5 Å². The summed E-state index contributed by atoms with van der Waals surface area (Å²) in [6.45, 7) is 0. The van der Waals surface area contributed by atoms with E-state index in [0.29, 0.717) is 19.0 Å². The maximum atomic E-state index is 14.8. The molecule has 0 radical (unpaired) electrons. The average Bonchev–Trinajstić information content (AvgIpc) is 3.49. The summed E-state index contributed by atoms with van der Waals surface area (Å²) in [5, 5.41) is 11.1. The van der Waals surface area contributed by atoms with Gasteiger partial charge in [-0.15, -0.1) is 0 Å². The van der Waals surface area contributed by atoms with Crippen LogP contribution < -0.4 is 5.32 Å². The predicted octanol–water partition coefficient (Wildman–Crippen LogP) is 3.07. The van der Waals surface area contributed by atoms with Crippen molar-refractivity contribution in [3.63, 3.8) is 0 Å². The number of nitrogens with zero attached hydrogens (tertiary/aromatic N) is 6. The van der Waals surface area contributed by atoms with Crippen molar-refractivity contribution >= 4 is 11.7 Å². The van der Waals surface area contributed by atoms with Crippen molar-refractivity contribution in [3.8, 4) is 5.69 Å². The molecule has 166 valence electrons. The molecule has 1 amide bonds. The number of carbonyl (C=O) groups is 1. The molecule has 1 N–H and O–H groups in total. The van der Waals surface area contributed by atoms with Crippen LogP contribution in [0, 0.1) is 5.82 Å². The summed E-state index contributed by atoms with van der Waals surface area (Å²) in [6, 6.07) is 3.66.